The third-order valence-electron chi connectivity index (χ3n) is 2.61. The van der Waals surface area contributed by atoms with E-state index in [-0.39, 0.29) is 23.3 Å². The molecule has 5 heteroatoms. The van der Waals surface area contributed by atoms with Crippen LogP contribution in [-0.4, -0.2) is 40.9 Å². The van der Waals surface area contributed by atoms with Gasteiger partial charge in [0.2, 0.25) is 11.8 Å². The van der Waals surface area contributed by atoms with Gasteiger partial charge in [-0.05, 0) is 5.41 Å². The maximum absolute atomic E-state index is 12.2. The van der Waals surface area contributed by atoms with E-state index in [0.717, 1.165) is 0 Å². The first kappa shape index (κ1) is 15.1. The third-order valence-corrected chi connectivity index (χ3v) is 3.62. The predicted molar refractivity (Wildman–Crippen MR) is 75.2 cm³/mol. The van der Waals surface area contributed by atoms with Gasteiger partial charge in [-0.15, -0.1) is 18.3 Å². The maximum atomic E-state index is 12.2. The lowest BCUT2D eigenvalue weighted by Crippen LogP contribution is -2.47. The molecule has 1 aliphatic rings. The van der Waals surface area contributed by atoms with E-state index in [0.29, 0.717) is 24.6 Å². The number of carbonyl (C=O) groups excluding carboxylic acids is 2. The zero-order valence-electron chi connectivity index (χ0n) is 11.4. The average Bonchev–Trinajstić information content (AvgIpc) is 2.72. The quantitative estimate of drug-likeness (QED) is 0.790. The van der Waals surface area contributed by atoms with Crippen molar-refractivity contribution in [2.75, 3.05) is 18.2 Å². The van der Waals surface area contributed by atoms with E-state index >= 15 is 0 Å². The minimum Gasteiger partial charge on any atom is -0.351 e. The number of carbonyl (C=O) groups is 2. The number of thioether (sulfide) groups is 1. The molecule has 1 saturated heterocycles. The average molecular weight is 270 g/mol. The second-order valence-corrected chi connectivity index (χ2v) is 6.65. The second-order valence-electron chi connectivity index (χ2n) is 5.65. The molecular formula is C13H22N2O2S. The number of rotatable bonds is 4. The highest BCUT2D eigenvalue weighted by Gasteiger charge is 2.35. The zero-order chi connectivity index (χ0) is 13.8. The topological polar surface area (TPSA) is 49.4 Å². The highest BCUT2D eigenvalue weighted by atomic mass is 32.2. The van der Waals surface area contributed by atoms with Crippen molar-refractivity contribution < 1.29 is 9.59 Å². The number of hydrogen-bond acceptors (Lipinski definition) is 3. The van der Waals surface area contributed by atoms with E-state index in [4.69, 9.17) is 0 Å². The predicted octanol–water partition coefficient (Wildman–Crippen LogP) is 1.63. The van der Waals surface area contributed by atoms with Crippen LogP contribution in [0.4, 0.5) is 0 Å². The number of nitrogens with one attached hydrogen (secondary N) is 1. The van der Waals surface area contributed by atoms with Crippen LogP contribution in [0.3, 0.4) is 0 Å². The van der Waals surface area contributed by atoms with Gasteiger partial charge in [0.1, 0.15) is 6.04 Å². The Morgan fingerprint density at radius 1 is 1.50 bits per heavy atom. The SMILES string of the molecule is C=CCNC(=O)[C@@H]1CSCN1C(=O)CC(C)(C)C. The maximum Gasteiger partial charge on any atom is 0.243 e. The Morgan fingerprint density at radius 3 is 2.72 bits per heavy atom. The summed E-state index contributed by atoms with van der Waals surface area (Å²) in [6, 6.07) is -0.329. The zero-order valence-corrected chi connectivity index (χ0v) is 12.2. The van der Waals surface area contributed by atoms with Gasteiger partial charge in [0.05, 0.1) is 5.88 Å². The Balaban J connectivity index is 2.61. The molecule has 1 rings (SSSR count). The Hall–Kier alpha value is -0.970. The fourth-order valence-electron chi connectivity index (χ4n) is 1.75. The van der Waals surface area contributed by atoms with Gasteiger partial charge in [-0.3, -0.25) is 9.59 Å². The molecule has 0 unspecified atom stereocenters. The number of amides is 2. The first-order chi connectivity index (χ1) is 8.35. The Morgan fingerprint density at radius 2 is 2.17 bits per heavy atom. The molecule has 1 N–H and O–H groups in total. The summed E-state index contributed by atoms with van der Waals surface area (Å²) < 4.78 is 0. The minimum absolute atomic E-state index is 0.0491. The molecule has 0 aromatic rings. The first-order valence-corrected chi connectivity index (χ1v) is 7.26. The van der Waals surface area contributed by atoms with E-state index in [1.165, 1.54) is 0 Å². The highest BCUT2D eigenvalue weighted by molar-refractivity contribution is 7.99. The summed E-state index contributed by atoms with van der Waals surface area (Å²) in [5.74, 6) is 1.27. The number of nitrogens with zero attached hydrogens (tertiary/aromatic N) is 1. The molecule has 4 nitrogen and oxygen atoms in total. The molecular weight excluding hydrogens is 248 g/mol. The summed E-state index contributed by atoms with van der Waals surface area (Å²) >= 11 is 1.62. The minimum atomic E-state index is -0.329. The number of hydrogen-bond donors (Lipinski definition) is 1. The second kappa shape index (κ2) is 6.27. The fraction of sp³-hybridized carbons (Fsp3) is 0.692. The van der Waals surface area contributed by atoms with Gasteiger partial charge in [-0.1, -0.05) is 26.8 Å². The van der Waals surface area contributed by atoms with Gasteiger partial charge in [-0.25, -0.2) is 0 Å². The van der Waals surface area contributed by atoms with Gasteiger partial charge >= 0.3 is 0 Å². The first-order valence-electron chi connectivity index (χ1n) is 6.11. The Kier molecular flexibility index (Phi) is 5.26. The van der Waals surface area contributed by atoms with Crippen LogP contribution in [0.15, 0.2) is 12.7 Å². The van der Waals surface area contributed by atoms with Crippen LogP contribution in [0.2, 0.25) is 0 Å². The summed E-state index contributed by atoms with van der Waals surface area (Å²) in [5, 5.41) is 2.76. The molecule has 0 saturated carbocycles. The van der Waals surface area contributed by atoms with Crippen molar-refractivity contribution in [3.8, 4) is 0 Å². The lowest BCUT2D eigenvalue weighted by Gasteiger charge is -2.26. The standard InChI is InChI=1S/C13H22N2O2S/c1-5-6-14-12(17)10-8-18-9-15(10)11(16)7-13(2,3)4/h5,10H,1,6-9H2,2-4H3,(H,14,17)/t10-/m0/s1. The van der Waals surface area contributed by atoms with E-state index in [1.807, 2.05) is 20.8 Å². The molecule has 1 heterocycles. The van der Waals surface area contributed by atoms with Crippen LogP contribution in [-0.2, 0) is 9.59 Å². The van der Waals surface area contributed by atoms with Crippen molar-refractivity contribution in [2.45, 2.75) is 33.2 Å². The van der Waals surface area contributed by atoms with Gasteiger partial charge in [0, 0.05) is 18.7 Å². The van der Waals surface area contributed by atoms with Crippen molar-refractivity contribution in [3.63, 3.8) is 0 Å². The van der Waals surface area contributed by atoms with E-state index in [1.54, 1.807) is 22.7 Å². The van der Waals surface area contributed by atoms with E-state index < -0.39 is 0 Å². The molecule has 0 aromatic heterocycles. The molecule has 18 heavy (non-hydrogen) atoms. The van der Waals surface area contributed by atoms with Crippen LogP contribution in [0.1, 0.15) is 27.2 Å². The third kappa shape index (κ3) is 4.37. The normalized spacial score (nSPS) is 19.7. The lowest BCUT2D eigenvalue weighted by atomic mass is 9.91. The molecule has 102 valence electrons. The van der Waals surface area contributed by atoms with Crippen LogP contribution in [0.5, 0.6) is 0 Å². The molecule has 0 aliphatic carbocycles. The molecule has 1 atom stereocenters. The monoisotopic (exact) mass is 270 g/mol. The van der Waals surface area contributed by atoms with E-state index in [2.05, 4.69) is 11.9 Å². The summed E-state index contributed by atoms with van der Waals surface area (Å²) in [5.41, 5.74) is -0.0491. The Labute approximate surface area is 113 Å². The fourth-order valence-corrected chi connectivity index (χ4v) is 2.93. The molecule has 2 amide bonds. The van der Waals surface area contributed by atoms with Crippen LogP contribution < -0.4 is 5.32 Å². The molecule has 0 spiro atoms. The lowest BCUT2D eigenvalue weighted by molar-refractivity contribution is -0.139. The highest BCUT2D eigenvalue weighted by Crippen LogP contribution is 2.26. The molecule has 1 fully saturated rings. The van der Waals surface area contributed by atoms with Gasteiger partial charge in [0.25, 0.3) is 0 Å². The van der Waals surface area contributed by atoms with Gasteiger partial charge < -0.3 is 10.2 Å². The van der Waals surface area contributed by atoms with Crippen LogP contribution in [0, 0.1) is 5.41 Å². The van der Waals surface area contributed by atoms with Gasteiger partial charge in [0.15, 0.2) is 0 Å². The van der Waals surface area contributed by atoms with Crippen molar-refractivity contribution in [1.82, 2.24) is 10.2 Å². The van der Waals surface area contributed by atoms with E-state index in [9.17, 15) is 9.59 Å². The summed E-state index contributed by atoms with van der Waals surface area (Å²) in [7, 11) is 0. The van der Waals surface area contributed by atoms with Crippen molar-refractivity contribution >= 4 is 23.6 Å². The van der Waals surface area contributed by atoms with Crippen molar-refractivity contribution in [2.24, 2.45) is 5.41 Å². The smallest absolute Gasteiger partial charge is 0.243 e. The van der Waals surface area contributed by atoms with Crippen molar-refractivity contribution in [1.29, 1.82) is 0 Å². The molecule has 1 aliphatic heterocycles. The molecule has 0 aromatic carbocycles. The molecule has 0 bridgehead atoms. The van der Waals surface area contributed by atoms with Crippen LogP contribution >= 0.6 is 11.8 Å². The summed E-state index contributed by atoms with van der Waals surface area (Å²) in [6.45, 7) is 10.1. The van der Waals surface area contributed by atoms with Crippen LogP contribution in [0.25, 0.3) is 0 Å². The van der Waals surface area contributed by atoms with Gasteiger partial charge in [-0.2, -0.15) is 0 Å². The Bertz CT molecular complexity index is 336. The summed E-state index contributed by atoms with van der Waals surface area (Å²) in [6.07, 6.45) is 2.11. The molecule has 0 radical (unpaired) electrons. The summed E-state index contributed by atoms with van der Waals surface area (Å²) in [4.78, 5) is 25.8. The van der Waals surface area contributed by atoms with Crippen molar-refractivity contribution in [3.05, 3.63) is 12.7 Å². The largest absolute Gasteiger partial charge is 0.351 e.